The van der Waals surface area contributed by atoms with Gasteiger partial charge in [0.15, 0.2) is 0 Å². The maximum Gasteiger partial charge on any atom is 0.410 e. The Balaban J connectivity index is 2.40. The van der Waals surface area contributed by atoms with Crippen molar-refractivity contribution >= 4 is 6.09 Å². The minimum absolute atomic E-state index is 0.211. The van der Waals surface area contributed by atoms with E-state index < -0.39 is 17.3 Å². The monoisotopic (exact) mass is 330 g/mol. The Morgan fingerprint density at radius 3 is 2.61 bits per heavy atom. The van der Waals surface area contributed by atoms with Crippen molar-refractivity contribution in [3.8, 4) is 0 Å². The summed E-state index contributed by atoms with van der Waals surface area (Å²) < 4.78 is 10.8. The van der Waals surface area contributed by atoms with Crippen LogP contribution in [0, 0.1) is 5.92 Å². The average molecular weight is 330 g/mol. The van der Waals surface area contributed by atoms with E-state index in [1.54, 1.807) is 14.0 Å². The van der Waals surface area contributed by atoms with Crippen LogP contribution in [0.15, 0.2) is 0 Å². The molecule has 6 heteroatoms. The van der Waals surface area contributed by atoms with E-state index in [1.807, 2.05) is 20.8 Å². The van der Waals surface area contributed by atoms with Crippen molar-refractivity contribution in [2.45, 2.75) is 64.7 Å². The molecule has 0 aliphatic carbocycles. The van der Waals surface area contributed by atoms with Crippen molar-refractivity contribution in [1.82, 2.24) is 10.2 Å². The van der Waals surface area contributed by atoms with Crippen LogP contribution in [0.2, 0.25) is 0 Å². The molecule has 0 spiro atoms. The number of amides is 1. The molecule has 1 saturated heterocycles. The standard InChI is InChI=1S/C17H34N2O4/c1-13(14-8-7-9-22-10-14)18-11-17(5,21)12-19(6)15(20)23-16(2,3)4/h13-14,18,21H,7-12H2,1-6H3/t13-,14+,17+/m0/s1. The molecule has 6 nitrogen and oxygen atoms in total. The lowest BCUT2D eigenvalue weighted by Gasteiger charge is -2.34. The first-order valence-corrected chi connectivity index (χ1v) is 8.48. The van der Waals surface area contributed by atoms with Crippen molar-refractivity contribution < 1.29 is 19.4 Å². The van der Waals surface area contributed by atoms with E-state index in [9.17, 15) is 9.90 Å². The molecule has 23 heavy (non-hydrogen) atoms. The fourth-order valence-corrected chi connectivity index (χ4v) is 2.68. The van der Waals surface area contributed by atoms with Gasteiger partial charge in [0.2, 0.25) is 0 Å². The molecule has 1 aliphatic rings. The largest absolute Gasteiger partial charge is 0.444 e. The molecule has 1 fully saturated rings. The summed E-state index contributed by atoms with van der Waals surface area (Å²) in [6.45, 7) is 11.6. The first kappa shape index (κ1) is 20.2. The number of hydrogen-bond acceptors (Lipinski definition) is 5. The maximum atomic E-state index is 12.0. The lowest BCUT2D eigenvalue weighted by molar-refractivity contribution is -0.00698. The molecular weight excluding hydrogens is 296 g/mol. The fourth-order valence-electron chi connectivity index (χ4n) is 2.68. The van der Waals surface area contributed by atoms with E-state index in [0.29, 0.717) is 12.5 Å². The van der Waals surface area contributed by atoms with Crippen LogP contribution in [0.4, 0.5) is 4.79 Å². The van der Waals surface area contributed by atoms with Crippen molar-refractivity contribution in [3.63, 3.8) is 0 Å². The molecule has 0 aromatic carbocycles. The number of likely N-dealkylation sites (N-methyl/N-ethyl adjacent to an activating group) is 1. The molecule has 0 radical (unpaired) electrons. The second kappa shape index (κ2) is 8.31. The summed E-state index contributed by atoms with van der Waals surface area (Å²) >= 11 is 0. The fraction of sp³-hybridized carbons (Fsp3) is 0.941. The molecule has 3 atom stereocenters. The number of hydrogen-bond donors (Lipinski definition) is 2. The summed E-state index contributed by atoms with van der Waals surface area (Å²) in [6.07, 6.45) is 1.81. The van der Waals surface area contributed by atoms with Crippen LogP contribution in [0.3, 0.4) is 0 Å². The number of aliphatic hydroxyl groups is 1. The van der Waals surface area contributed by atoms with Crippen LogP contribution >= 0.6 is 0 Å². The zero-order chi connectivity index (χ0) is 17.7. The smallest absolute Gasteiger partial charge is 0.410 e. The van der Waals surface area contributed by atoms with Crippen LogP contribution < -0.4 is 5.32 Å². The topological polar surface area (TPSA) is 71.0 Å². The first-order chi connectivity index (χ1) is 10.5. The van der Waals surface area contributed by atoms with Gasteiger partial charge in [0.05, 0.1) is 18.8 Å². The summed E-state index contributed by atoms with van der Waals surface area (Å²) in [5, 5.41) is 13.9. The Labute approximate surface area is 140 Å². The summed E-state index contributed by atoms with van der Waals surface area (Å²) in [5.41, 5.74) is -1.56. The Hall–Kier alpha value is -0.850. The quantitative estimate of drug-likeness (QED) is 0.779. The predicted molar refractivity (Wildman–Crippen MR) is 90.5 cm³/mol. The van der Waals surface area contributed by atoms with Gasteiger partial charge in [0.25, 0.3) is 0 Å². The minimum Gasteiger partial charge on any atom is -0.444 e. The van der Waals surface area contributed by atoms with Crippen LogP contribution in [0.25, 0.3) is 0 Å². The van der Waals surface area contributed by atoms with Crippen LogP contribution in [0.1, 0.15) is 47.5 Å². The number of nitrogens with zero attached hydrogens (tertiary/aromatic N) is 1. The van der Waals surface area contributed by atoms with E-state index in [-0.39, 0.29) is 12.6 Å². The molecular formula is C17H34N2O4. The Kier molecular flexibility index (Phi) is 7.29. The molecule has 0 aromatic rings. The summed E-state index contributed by atoms with van der Waals surface area (Å²) in [7, 11) is 1.64. The molecule has 0 aromatic heterocycles. The molecule has 1 heterocycles. The third-order valence-corrected chi connectivity index (χ3v) is 3.99. The second-order valence-corrected chi connectivity index (χ2v) is 7.98. The zero-order valence-electron chi connectivity index (χ0n) is 15.5. The van der Waals surface area contributed by atoms with E-state index in [2.05, 4.69) is 12.2 Å². The van der Waals surface area contributed by atoms with Gasteiger partial charge in [-0.25, -0.2) is 4.79 Å². The summed E-state index contributed by atoms with van der Waals surface area (Å²) in [4.78, 5) is 13.4. The molecule has 0 bridgehead atoms. The highest BCUT2D eigenvalue weighted by molar-refractivity contribution is 5.67. The molecule has 1 amide bonds. The molecule has 1 rings (SSSR count). The second-order valence-electron chi connectivity index (χ2n) is 7.98. The van der Waals surface area contributed by atoms with Crippen molar-refractivity contribution in [2.24, 2.45) is 5.92 Å². The van der Waals surface area contributed by atoms with Gasteiger partial charge in [-0.15, -0.1) is 0 Å². The predicted octanol–water partition coefficient (Wildman–Crippen LogP) is 2.01. The normalized spacial score (nSPS) is 23.0. The van der Waals surface area contributed by atoms with Crippen LogP contribution in [-0.4, -0.2) is 66.7 Å². The van der Waals surface area contributed by atoms with Crippen molar-refractivity contribution in [2.75, 3.05) is 33.4 Å². The van der Waals surface area contributed by atoms with E-state index in [1.165, 1.54) is 4.90 Å². The van der Waals surface area contributed by atoms with E-state index >= 15 is 0 Å². The van der Waals surface area contributed by atoms with Gasteiger partial charge in [-0.3, -0.25) is 0 Å². The zero-order valence-corrected chi connectivity index (χ0v) is 15.5. The molecule has 136 valence electrons. The van der Waals surface area contributed by atoms with Gasteiger partial charge < -0.3 is 24.8 Å². The lowest BCUT2D eigenvalue weighted by atomic mass is 9.94. The minimum atomic E-state index is -1.02. The van der Waals surface area contributed by atoms with Gasteiger partial charge in [-0.1, -0.05) is 0 Å². The highest BCUT2D eigenvalue weighted by Gasteiger charge is 2.29. The number of ether oxygens (including phenoxy) is 2. The van der Waals surface area contributed by atoms with E-state index in [0.717, 1.165) is 26.1 Å². The van der Waals surface area contributed by atoms with Gasteiger partial charge in [-0.05, 0) is 53.4 Å². The highest BCUT2D eigenvalue weighted by atomic mass is 16.6. The van der Waals surface area contributed by atoms with Crippen molar-refractivity contribution in [3.05, 3.63) is 0 Å². The highest BCUT2D eigenvalue weighted by Crippen LogP contribution is 2.18. The number of carbonyl (C=O) groups is 1. The molecule has 1 aliphatic heterocycles. The van der Waals surface area contributed by atoms with E-state index in [4.69, 9.17) is 9.47 Å². The number of rotatable bonds is 6. The Morgan fingerprint density at radius 2 is 2.09 bits per heavy atom. The Morgan fingerprint density at radius 1 is 1.43 bits per heavy atom. The van der Waals surface area contributed by atoms with Gasteiger partial charge in [0, 0.05) is 26.2 Å². The average Bonchev–Trinajstić information content (AvgIpc) is 2.43. The van der Waals surface area contributed by atoms with Crippen molar-refractivity contribution in [1.29, 1.82) is 0 Å². The third-order valence-electron chi connectivity index (χ3n) is 3.99. The summed E-state index contributed by atoms with van der Waals surface area (Å²) in [5.74, 6) is 0.475. The van der Waals surface area contributed by atoms with Gasteiger partial charge >= 0.3 is 6.09 Å². The molecule has 0 saturated carbocycles. The summed E-state index contributed by atoms with van der Waals surface area (Å²) in [6, 6.07) is 0.272. The molecule has 0 unspecified atom stereocenters. The first-order valence-electron chi connectivity index (χ1n) is 8.48. The van der Waals surface area contributed by atoms with Crippen LogP contribution in [-0.2, 0) is 9.47 Å². The Bertz CT molecular complexity index is 373. The van der Waals surface area contributed by atoms with Crippen LogP contribution in [0.5, 0.6) is 0 Å². The SMILES string of the molecule is C[C@H](NC[C@@](C)(O)CN(C)C(=O)OC(C)(C)C)[C@@H]1CCCOC1. The van der Waals surface area contributed by atoms with Gasteiger partial charge in [-0.2, -0.15) is 0 Å². The lowest BCUT2D eigenvalue weighted by Crippen LogP contribution is -2.51. The number of nitrogens with one attached hydrogen (secondary N) is 1. The molecule has 2 N–H and O–H groups in total. The van der Waals surface area contributed by atoms with Gasteiger partial charge in [0.1, 0.15) is 5.60 Å². The maximum absolute atomic E-state index is 12.0. The number of carbonyl (C=O) groups excluding carboxylic acids is 1. The third kappa shape index (κ3) is 7.99.